The van der Waals surface area contributed by atoms with Crippen LogP contribution < -0.4 is 25.0 Å². The molecule has 2 N–H and O–H groups in total. The van der Waals surface area contributed by atoms with Crippen LogP contribution in [0.3, 0.4) is 0 Å². The Morgan fingerprint density at radius 1 is 1.09 bits per heavy atom. The molecule has 0 bridgehead atoms. The third kappa shape index (κ3) is 6.51. The van der Waals surface area contributed by atoms with Crippen LogP contribution >= 0.6 is 0 Å². The molecule has 14 heteroatoms. The van der Waals surface area contributed by atoms with Crippen molar-refractivity contribution in [2.75, 3.05) is 58.3 Å². The highest BCUT2D eigenvalue weighted by molar-refractivity contribution is 6.11. The van der Waals surface area contributed by atoms with E-state index in [0.717, 1.165) is 35.3 Å². The topological polar surface area (TPSA) is 125 Å². The molecule has 4 heterocycles. The Hall–Kier alpha value is -5.31. The number of hydrogen-bond acceptors (Lipinski definition) is 8. The van der Waals surface area contributed by atoms with Crippen LogP contribution in [0.1, 0.15) is 47.2 Å². The van der Waals surface area contributed by atoms with Crippen LogP contribution in [0, 0.1) is 16.8 Å². The second-order valence-corrected chi connectivity index (χ2v) is 13.8. The van der Waals surface area contributed by atoms with Gasteiger partial charge in [-0.05, 0) is 56.0 Å². The number of benzene rings is 2. The van der Waals surface area contributed by atoms with Gasteiger partial charge in [-0.3, -0.25) is 9.59 Å². The molecule has 1 aliphatic heterocycles. The second-order valence-electron chi connectivity index (χ2n) is 13.8. The van der Waals surface area contributed by atoms with Crippen LogP contribution in [0.2, 0.25) is 0 Å². The number of halogens is 2. The number of methoxy groups -OCH3 is 3. The van der Waals surface area contributed by atoms with Gasteiger partial charge in [0.1, 0.15) is 41.9 Å². The summed E-state index contributed by atoms with van der Waals surface area (Å²) in [6, 6.07) is 9.12. The lowest BCUT2D eigenvalue weighted by Crippen LogP contribution is -2.34. The summed E-state index contributed by atoms with van der Waals surface area (Å²) in [4.78, 5) is 28.5. The van der Waals surface area contributed by atoms with E-state index in [0.29, 0.717) is 77.6 Å². The Morgan fingerprint density at radius 2 is 1.85 bits per heavy atom. The molecule has 0 radical (unpaired) electrons. The molecule has 1 fully saturated rings. The quantitative estimate of drug-likeness (QED) is 0.0740. The number of carbonyl (C=O) groups is 2. The smallest absolute Gasteiger partial charge is 0.287 e. The average Bonchev–Trinajstić information content (AvgIpc) is 3.67. The van der Waals surface area contributed by atoms with Crippen molar-refractivity contribution >= 4 is 39.6 Å². The van der Waals surface area contributed by atoms with Crippen molar-refractivity contribution in [1.29, 1.82) is 0 Å². The summed E-state index contributed by atoms with van der Waals surface area (Å²) in [7, 11) is 6.60. The Bertz CT molecular complexity index is 2270. The maximum atomic E-state index is 15.4. The van der Waals surface area contributed by atoms with Crippen LogP contribution in [0.5, 0.6) is 5.75 Å². The first-order valence-corrected chi connectivity index (χ1v) is 17.4. The van der Waals surface area contributed by atoms with Gasteiger partial charge in [-0.2, -0.15) is 0 Å². The largest absolute Gasteiger partial charge is 0.710 e. The summed E-state index contributed by atoms with van der Waals surface area (Å²) in [5.74, 6) is -2.51. The van der Waals surface area contributed by atoms with E-state index in [9.17, 15) is 14.8 Å². The van der Waals surface area contributed by atoms with Crippen LogP contribution in [0.15, 0.2) is 54.7 Å². The highest BCUT2D eigenvalue weighted by Crippen LogP contribution is 2.47. The molecule has 7 rings (SSSR count). The Balaban J connectivity index is 1.29. The normalized spacial score (nSPS) is 14.8. The number of hydrogen-bond donors (Lipinski definition) is 2. The number of pyridine rings is 1. The van der Waals surface area contributed by atoms with E-state index in [1.54, 1.807) is 43.0 Å². The van der Waals surface area contributed by atoms with Crippen molar-refractivity contribution in [3.8, 4) is 16.9 Å². The van der Waals surface area contributed by atoms with E-state index in [2.05, 4.69) is 17.6 Å². The molecular weight excluding hydrogens is 686 g/mol. The fraction of sp³-hybridized carbons (Fsp3) is 0.359. The number of carbonyl (C=O) groups excluding carboxylic acids is 2. The lowest BCUT2D eigenvalue weighted by Gasteiger charge is -2.27. The van der Waals surface area contributed by atoms with E-state index in [4.69, 9.17) is 14.2 Å². The van der Waals surface area contributed by atoms with Gasteiger partial charge in [0, 0.05) is 69.4 Å². The van der Waals surface area contributed by atoms with Gasteiger partial charge in [0.05, 0.1) is 30.5 Å². The third-order valence-corrected chi connectivity index (χ3v) is 10.2. The number of nitrogens with one attached hydrogen (secondary N) is 2. The lowest BCUT2D eigenvalue weighted by atomic mass is 9.96. The first-order valence-electron chi connectivity index (χ1n) is 17.4. The Kier molecular flexibility index (Phi) is 9.70. The summed E-state index contributed by atoms with van der Waals surface area (Å²) in [6.07, 6.45) is 7.15. The predicted molar refractivity (Wildman–Crippen MR) is 197 cm³/mol. The van der Waals surface area contributed by atoms with Gasteiger partial charge in [-0.25, -0.2) is 18.1 Å². The summed E-state index contributed by atoms with van der Waals surface area (Å²) in [6.45, 7) is 3.88. The fourth-order valence-corrected chi connectivity index (χ4v) is 7.17. The molecule has 0 atom stereocenters. The summed E-state index contributed by atoms with van der Waals surface area (Å²) in [5.41, 5.74) is 4.10. The van der Waals surface area contributed by atoms with Gasteiger partial charge in [-0.1, -0.05) is 12.1 Å². The van der Waals surface area contributed by atoms with Crippen LogP contribution in [-0.2, 0) is 33.8 Å². The molecule has 12 nitrogen and oxygen atoms in total. The number of fused-ring (bicyclic) bond motifs is 4. The SMILES string of the molecule is COCCn1c(COC)[n+]([O-])c2c3c(c(OC)cc21)-c1cccn2c(C(=O)c4cc(F)c(NC(=O)/C=C/CNC5(C)CC5)c(F)c4)cc(c12)CCN3C. The maximum absolute atomic E-state index is 15.4. The minimum absolute atomic E-state index is 0.0788. The van der Waals surface area contributed by atoms with Crippen molar-refractivity contribution in [3.05, 3.63) is 94.2 Å². The zero-order valence-corrected chi connectivity index (χ0v) is 30.3. The summed E-state index contributed by atoms with van der Waals surface area (Å²) < 4.78 is 52.0. The van der Waals surface area contributed by atoms with Gasteiger partial charge in [0.25, 0.3) is 5.82 Å². The molecule has 0 unspecified atom stereocenters. The first kappa shape index (κ1) is 36.1. The number of ether oxygens (including phenoxy) is 3. The average molecular weight is 729 g/mol. The fourth-order valence-electron chi connectivity index (χ4n) is 7.17. The summed E-state index contributed by atoms with van der Waals surface area (Å²) in [5, 5.41) is 19.6. The van der Waals surface area contributed by atoms with Crippen LogP contribution in [-0.4, -0.2) is 74.3 Å². The molecule has 0 saturated heterocycles. The molecule has 0 spiro atoms. The summed E-state index contributed by atoms with van der Waals surface area (Å²) >= 11 is 0. The number of amides is 1. The zero-order chi connectivity index (χ0) is 37.6. The highest BCUT2D eigenvalue weighted by Gasteiger charge is 2.36. The van der Waals surface area contributed by atoms with Crippen molar-refractivity contribution in [2.45, 2.75) is 44.9 Å². The van der Waals surface area contributed by atoms with Crippen molar-refractivity contribution < 1.29 is 37.3 Å². The molecular formula is C39H42F2N6O6. The number of imidazole rings is 1. The number of likely N-dealkylation sites (N-methyl/N-ethyl adjacent to an activating group) is 1. The molecule has 1 aliphatic carbocycles. The minimum atomic E-state index is -1.07. The Labute approximate surface area is 305 Å². The number of aromatic nitrogens is 3. The molecule has 5 aromatic rings. The predicted octanol–water partition coefficient (Wildman–Crippen LogP) is 5.13. The van der Waals surface area contributed by atoms with Crippen molar-refractivity contribution in [3.63, 3.8) is 0 Å². The minimum Gasteiger partial charge on any atom is -0.710 e. The highest BCUT2D eigenvalue weighted by atomic mass is 19.1. The van der Waals surface area contributed by atoms with E-state index < -0.39 is 29.0 Å². The molecule has 278 valence electrons. The number of anilines is 2. The number of nitrogens with zero attached hydrogens (tertiary/aromatic N) is 4. The van der Waals surface area contributed by atoms with Crippen LogP contribution in [0.25, 0.3) is 27.7 Å². The van der Waals surface area contributed by atoms with E-state index in [1.807, 2.05) is 28.6 Å². The van der Waals surface area contributed by atoms with E-state index in [-0.39, 0.29) is 23.4 Å². The zero-order valence-electron chi connectivity index (χ0n) is 30.3. The molecule has 1 saturated carbocycles. The standard InChI is InChI=1S/C39H42F2N6O6/c1-39(11-12-39)42-13-6-9-31(48)43-34-26(40)18-24(19-27(34)41)38(49)29-20-23-10-15-44(2)37-33(25-8-7-14-46(29)35(23)25)30(53-5)21-28-36(37)47(50)32(22-52-4)45(28)16-17-51-3/h6-9,14,18-21,42H,10-13,15-17,22H2,1-5H3,(H,43,48)/b9-6+. The van der Waals surface area contributed by atoms with Crippen LogP contribution in [0.4, 0.5) is 20.2 Å². The second kappa shape index (κ2) is 14.3. The molecule has 2 aliphatic rings. The Morgan fingerprint density at radius 3 is 2.53 bits per heavy atom. The monoisotopic (exact) mass is 728 g/mol. The van der Waals surface area contributed by atoms with Crippen molar-refractivity contribution in [1.82, 2.24) is 14.3 Å². The van der Waals surface area contributed by atoms with E-state index >= 15 is 8.78 Å². The maximum Gasteiger partial charge on any atom is 0.287 e. The van der Waals surface area contributed by atoms with Gasteiger partial charge in [0.2, 0.25) is 17.2 Å². The van der Waals surface area contributed by atoms with Gasteiger partial charge in [-0.15, -0.1) is 0 Å². The molecule has 2 aromatic carbocycles. The third-order valence-electron chi connectivity index (χ3n) is 10.2. The number of ketones is 1. The van der Waals surface area contributed by atoms with Gasteiger partial charge in [0.15, 0.2) is 5.52 Å². The van der Waals surface area contributed by atoms with Gasteiger partial charge < -0.3 is 39.4 Å². The molecule has 53 heavy (non-hydrogen) atoms. The van der Waals surface area contributed by atoms with Gasteiger partial charge >= 0.3 is 0 Å². The van der Waals surface area contributed by atoms with E-state index in [1.165, 1.54) is 13.2 Å². The first-order chi connectivity index (χ1) is 25.5. The molecule has 3 aromatic heterocycles. The molecule has 1 amide bonds. The number of rotatable bonds is 13. The van der Waals surface area contributed by atoms with Crippen molar-refractivity contribution in [2.24, 2.45) is 0 Å². The lowest BCUT2D eigenvalue weighted by molar-refractivity contribution is -0.589.